The first kappa shape index (κ1) is 22.5. The topological polar surface area (TPSA) is 0 Å². The first-order valence-electron chi connectivity index (χ1n) is 8.90. The molecule has 0 atom stereocenters. The quantitative estimate of drug-likeness (QED) is 0.239. The Morgan fingerprint density at radius 1 is 1.04 bits per heavy atom. The Balaban J connectivity index is 0.000000196. The van der Waals surface area contributed by atoms with Crippen molar-refractivity contribution in [1.82, 2.24) is 0 Å². The van der Waals surface area contributed by atoms with E-state index in [0.29, 0.717) is 0 Å². The van der Waals surface area contributed by atoms with E-state index in [1.807, 2.05) is 12.2 Å². The van der Waals surface area contributed by atoms with Gasteiger partial charge in [0.25, 0.3) is 0 Å². The van der Waals surface area contributed by atoms with Crippen LogP contribution in [0.15, 0.2) is 78.9 Å². The van der Waals surface area contributed by atoms with Crippen molar-refractivity contribution in [2.75, 3.05) is 0 Å². The van der Waals surface area contributed by atoms with Crippen molar-refractivity contribution >= 4 is 33.2 Å². The number of allylic oxidation sites excluding steroid dienone is 4. The molecule has 3 aromatic rings. The van der Waals surface area contributed by atoms with E-state index in [4.69, 9.17) is 17.0 Å². The van der Waals surface area contributed by atoms with E-state index in [1.54, 1.807) is 0 Å². The number of benzene rings is 2. The minimum atomic E-state index is -1.65. The second-order valence-corrected chi connectivity index (χ2v) is 29.4. The molecule has 0 amide bonds. The molecule has 0 spiro atoms. The van der Waals surface area contributed by atoms with Gasteiger partial charge in [0.1, 0.15) is 0 Å². The van der Waals surface area contributed by atoms with Crippen LogP contribution in [0.5, 0.6) is 0 Å². The van der Waals surface area contributed by atoms with Crippen LogP contribution in [0.4, 0.5) is 0 Å². The largest absolute Gasteiger partial charge is 0.273 e. The van der Waals surface area contributed by atoms with Crippen molar-refractivity contribution in [2.45, 2.75) is 26.4 Å². The van der Waals surface area contributed by atoms with Crippen LogP contribution in [0.2, 0.25) is 13.1 Å². The maximum absolute atomic E-state index is 5.62. The van der Waals surface area contributed by atoms with Gasteiger partial charge in [0.15, 0.2) is 0 Å². The number of hydrogen-bond acceptors (Lipinski definition) is 0. The van der Waals surface area contributed by atoms with Gasteiger partial charge in [-0.1, -0.05) is 48.9 Å². The monoisotopic (exact) mass is 488 g/mol. The summed E-state index contributed by atoms with van der Waals surface area (Å²) >= 11 is -1.65. The van der Waals surface area contributed by atoms with Crippen molar-refractivity contribution in [2.24, 2.45) is 0 Å². The molecule has 0 saturated heterocycles. The number of halogens is 2. The van der Waals surface area contributed by atoms with Crippen LogP contribution in [0.25, 0.3) is 21.9 Å². The molecule has 0 heterocycles. The van der Waals surface area contributed by atoms with Gasteiger partial charge in [0.2, 0.25) is 0 Å². The minimum Gasteiger partial charge on any atom is -0.273 e. The van der Waals surface area contributed by atoms with E-state index in [2.05, 4.69) is 92.8 Å². The van der Waals surface area contributed by atoms with E-state index in [1.165, 1.54) is 27.5 Å². The Morgan fingerprint density at radius 3 is 2.26 bits per heavy atom. The van der Waals surface area contributed by atoms with Crippen molar-refractivity contribution < 1.29 is 18.0 Å². The summed E-state index contributed by atoms with van der Waals surface area (Å²) in [6.07, 6.45) is 10.0. The van der Waals surface area contributed by atoms with Crippen LogP contribution in [0.3, 0.4) is 0 Å². The first-order valence-corrected chi connectivity index (χ1v) is 21.4. The number of fused-ring (bicyclic) bond motifs is 1. The fourth-order valence-electron chi connectivity index (χ4n) is 2.59. The summed E-state index contributed by atoms with van der Waals surface area (Å²) in [5.74, 6) is 0. The molecule has 3 aromatic carbocycles. The Kier molecular flexibility index (Phi) is 9.93. The first-order chi connectivity index (χ1) is 13.0. The predicted octanol–water partition coefficient (Wildman–Crippen LogP) is 8.00. The van der Waals surface area contributed by atoms with Crippen molar-refractivity contribution in [3.8, 4) is 11.1 Å². The molecule has 4 rings (SSSR count). The molecular formula is C23H24Cl2SiZr-2. The third-order valence-electron chi connectivity index (χ3n) is 3.94. The van der Waals surface area contributed by atoms with Gasteiger partial charge in [-0.2, -0.15) is 12.1 Å². The van der Waals surface area contributed by atoms with Gasteiger partial charge in [-0.3, -0.25) is 6.08 Å². The number of aryl methyl sites for hydroxylation is 1. The number of hydrogen-bond donors (Lipinski definition) is 0. The van der Waals surface area contributed by atoms with Crippen LogP contribution in [0, 0.1) is 13.0 Å². The SMILES string of the molecule is C[Si](C)=[Zr]([Cl])[Cl].Cc1cc2c(-c3ccccc3)cccc2[cH-]1.[C-]1=CC=CC1. The van der Waals surface area contributed by atoms with Crippen LogP contribution in [-0.2, 0) is 18.0 Å². The summed E-state index contributed by atoms with van der Waals surface area (Å²) in [5.41, 5.74) is 3.72. The minimum absolute atomic E-state index is 0.224. The Labute approximate surface area is 178 Å². The summed E-state index contributed by atoms with van der Waals surface area (Å²) in [6, 6.07) is 21.6. The fourth-order valence-corrected chi connectivity index (χ4v) is 2.59. The number of rotatable bonds is 1. The molecule has 0 aliphatic heterocycles. The summed E-state index contributed by atoms with van der Waals surface area (Å²) in [6.45, 7) is 6.48. The second-order valence-electron chi connectivity index (χ2n) is 6.47. The van der Waals surface area contributed by atoms with Crippen molar-refractivity contribution in [3.05, 3.63) is 90.5 Å². The molecule has 0 saturated carbocycles. The average molecular weight is 491 g/mol. The molecule has 1 aliphatic rings. The zero-order chi connectivity index (χ0) is 19.6. The fraction of sp³-hybridized carbons (Fsp3) is 0.174. The Hall–Kier alpha value is -0.790. The zero-order valence-electron chi connectivity index (χ0n) is 16.0. The van der Waals surface area contributed by atoms with Gasteiger partial charge in [-0.15, -0.1) is 41.0 Å². The van der Waals surface area contributed by atoms with Gasteiger partial charge in [-0.05, 0) is 5.56 Å². The molecule has 140 valence electrons. The van der Waals surface area contributed by atoms with Crippen molar-refractivity contribution in [1.29, 1.82) is 0 Å². The molecule has 0 radical (unpaired) electrons. The standard InChI is InChI=1S/C16H13.C5H5.C2H6Si.2ClH.Zr/c1-12-10-14-8-5-9-15(16(14)11-12)13-6-3-2-4-7-13;1-2-4-5-3-1;1-3-2;;;/h2-11H,1H3;1-3H,4H2;1-2H3;2*1H;/q2*-1;;;;+2/p-2. The third kappa shape index (κ3) is 7.62. The molecule has 0 nitrogen and oxygen atoms in total. The molecule has 0 bridgehead atoms. The van der Waals surface area contributed by atoms with E-state index in [9.17, 15) is 0 Å². The van der Waals surface area contributed by atoms with Gasteiger partial charge in [-0.25, -0.2) is 12.2 Å². The van der Waals surface area contributed by atoms with Gasteiger partial charge in [0.05, 0.1) is 0 Å². The van der Waals surface area contributed by atoms with Gasteiger partial charge in [0, 0.05) is 0 Å². The predicted molar refractivity (Wildman–Crippen MR) is 120 cm³/mol. The Bertz CT molecular complexity index is 925. The molecule has 0 aromatic heterocycles. The maximum atomic E-state index is 5.62. The second kappa shape index (κ2) is 11.9. The van der Waals surface area contributed by atoms with Gasteiger partial charge >= 0.3 is 53.5 Å². The molecule has 1 aliphatic carbocycles. The van der Waals surface area contributed by atoms with E-state index in [-0.39, 0.29) is 5.43 Å². The summed E-state index contributed by atoms with van der Waals surface area (Å²) in [7, 11) is 11.2. The molecular weight excluding hydrogens is 466 g/mol. The smallest absolute Gasteiger partial charge is 0.0279 e. The van der Waals surface area contributed by atoms with E-state index >= 15 is 0 Å². The average Bonchev–Trinajstić information content (AvgIpc) is 3.34. The van der Waals surface area contributed by atoms with Crippen LogP contribution >= 0.6 is 17.0 Å². The molecule has 4 heteroatoms. The van der Waals surface area contributed by atoms with E-state index < -0.39 is 18.0 Å². The normalized spacial score (nSPS) is 11.4. The molecule has 0 N–H and O–H groups in total. The maximum Gasteiger partial charge on any atom is -0.0279 e. The zero-order valence-corrected chi connectivity index (χ0v) is 20.9. The summed E-state index contributed by atoms with van der Waals surface area (Å²) < 4.78 is 0. The Morgan fingerprint density at radius 2 is 1.74 bits per heavy atom. The summed E-state index contributed by atoms with van der Waals surface area (Å²) in [5, 5.41) is 2.69. The van der Waals surface area contributed by atoms with Crippen LogP contribution in [0.1, 0.15) is 12.0 Å². The van der Waals surface area contributed by atoms with Crippen LogP contribution < -0.4 is 0 Å². The van der Waals surface area contributed by atoms with Crippen molar-refractivity contribution in [3.63, 3.8) is 0 Å². The summed E-state index contributed by atoms with van der Waals surface area (Å²) in [4.78, 5) is 0. The molecule has 27 heavy (non-hydrogen) atoms. The third-order valence-corrected chi connectivity index (χ3v) is 23.7. The van der Waals surface area contributed by atoms with Gasteiger partial charge < -0.3 is 0 Å². The van der Waals surface area contributed by atoms with E-state index in [0.717, 1.165) is 6.42 Å². The molecule has 0 unspecified atom stereocenters. The van der Waals surface area contributed by atoms with Crippen LogP contribution in [-0.4, -0.2) is 5.43 Å². The molecule has 0 fully saturated rings.